The van der Waals surface area contributed by atoms with Crippen LogP contribution in [0.15, 0.2) is 0 Å². The number of unbranched alkanes of at least 4 members (excludes halogenated alkanes) is 4. The molecule has 0 aromatic heterocycles. The fourth-order valence-electron chi connectivity index (χ4n) is 2.39. The van der Waals surface area contributed by atoms with Crippen LogP contribution in [0.4, 0.5) is 0 Å². The standard InChI is InChI=1S/C16H34O3S/c1-5-9-11-13-15(7-3)19-20(17,18)16(8-4)14-12-10-6-2/h15-16H,5-14H2,1-4H3. The van der Waals surface area contributed by atoms with Crippen molar-refractivity contribution in [3.63, 3.8) is 0 Å². The van der Waals surface area contributed by atoms with Crippen LogP contribution in [0, 0.1) is 0 Å². The molecule has 0 heterocycles. The van der Waals surface area contributed by atoms with Crippen LogP contribution in [0.3, 0.4) is 0 Å². The summed E-state index contributed by atoms with van der Waals surface area (Å²) in [5.74, 6) is 0. The van der Waals surface area contributed by atoms with Crippen LogP contribution in [-0.4, -0.2) is 19.8 Å². The smallest absolute Gasteiger partial charge is 0.267 e. The van der Waals surface area contributed by atoms with Crippen molar-refractivity contribution in [1.82, 2.24) is 0 Å². The van der Waals surface area contributed by atoms with Gasteiger partial charge >= 0.3 is 0 Å². The Balaban J connectivity index is 4.41. The van der Waals surface area contributed by atoms with E-state index in [4.69, 9.17) is 4.18 Å². The molecule has 0 rings (SSSR count). The molecular formula is C16H34O3S. The summed E-state index contributed by atoms with van der Waals surface area (Å²) in [6, 6.07) is 0. The Morgan fingerprint density at radius 2 is 1.35 bits per heavy atom. The van der Waals surface area contributed by atoms with E-state index in [0.29, 0.717) is 6.42 Å². The highest BCUT2D eigenvalue weighted by Gasteiger charge is 2.27. The maximum Gasteiger partial charge on any atom is 0.270 e. The van der Waals surface area contributed by atoms with Crippen molar-refractivity contribution in [3.05, 3.63) is 0 Å². The van der Waals surface area contributed by atoms with Crippen LogP contribution in [0.5, 0.6) is 0 Å². The molecule has 3 nitrogen and oxygen atoms in total. The predicted molar refractivity (Wildman–Crippen MR) is 86.4 cm³/mol. The largest absolute Gasteiger partial charge is 0.270 e. The lowest BCUT2D eigenvalue weighted by molar-refractivity contribution is 0.186. The summed E-state index contributed by atoms with van der Waals surface area (Å²) in [5.41, 5.74) is 0. The van der Waals surface area contributed by atoms with E-state index in [1.807, 2.05) is 13.8 Å². The first kappa shape index (κ1) is 19.9. The van der Waals surface area contributed by atoms with E-state index in [2.05, 4.69) is 13.8 Å². The minimum atomic E-state index is -3.40. The average Bonchev–Trinajstić information content (AvgIpc) is 2.42. The Kier molecular flexibility index (Phi) is 11.5. The van der Waals surface area contributed by atoms with E-state index >= 15 is 0 Å². The van der Waals surface area contributed by atoms with E-state index in [1.165, 1.54) is 0 Å². The Morgan fingerprint density at radius 3 is 1.80 bits per heavy atom. The summed E-state index contributed by atoms with van der Waals surface area (Å²) >= 11 is 0. The van der Waals surface area contributed by atoms with Gasteiger partial charge in [-0.3, -0.25) is 4.18 Å². The van der Waals surface area contributed by atoms with E-state index in [0.717, 1.165) is 57.8 Å². The van der Waals surface area contributed by atoms with Gasteiger partial charge in [0.15, 0.2) is 0 Å². The molecule has 122 valence electrons. The highest BCUT2D eigenvalue weighted by molar-refractivity contribution is 7.87. The van der Waals surface area contributed by atoms with Crippen molar-refractivity contribution >= 4 is 10.1 Å². The van der Waals surface area contributed by atoms with Gasteiger partial charge in [-0.05, 0) is 25.7 Å². The van der Waals surface area contributed by atoms with E-state index in [9.17, 15) is 8.42 Å². The predicted octanol–water partition coefficient (Wildman–Crippen LogP) is 5.05. The molecule has 0 spiro atoms. The lowest BCUT2D eigenvalue weighted by Gasteiger charge is -2.21. The summed E-state index contributed by atoms with van der Waals surface area (Å²) in [7, 11) is -3.40. The van der Waals surface area contributed by atoms with Gasteiger partial charge in [-0.25, -0.2) is 0 Å². The van der Waals surface area contributed by atoms with Gasteiger partial charge in [-0.1, -0.05) is 66.2 Å². The Labute approximate surface area is 126 Å². The molecule has 0 amide bonds. The van der Waals surface area contributed by atoms with Crippen molar-refractivity contribution in [1.29, 1.82) is 0 Å². The second kappa shape index (κ2) is 11.6. The summed E-state index contributed by atoms with van der Waals surface area (Å²) in [6.45, 7) is 8.23. The minimum absolute atomic E-state index is 0.133. The van der Waals surface area contributed by atoms with Crippen molar-refractivity contribution < 1.29 is 12.6 Å². The van der Waals surface area contributed by atoms with Crippen LogP contribution in [0.1, 0.15) is 91.9 Å². The quantitative estimate of drug-likeness (QED) is 0.353. The van der Waals surface area contributed by atoms with Gasteiger partial charge in [-0.15, -0.1) is 0 Å². The van der Waals surface area contributed by atoms with E-state index < -0.39 is 10.1 Å². The lowest BCUT2D eigenvalue weighted by Crippen LogP contribution is -2.27. The molecule has 0 saturated carbocycles. The fourth-order valence-corrected chi connectivity index (χ4v) is 4.02. The molecule has 20 heavy (non-hydrogen) atoms. The average molecular weight is 307 g/mol. The van der Waals surface area contributed by atoms with Gasteiger partial charge in [0.1, 0.15) is 0 Å². The number of rotatable bonds is 13. The molecule has 2 unspecified atom stereocenters. The molecule has 0 saturated heterocycles. The molecule has 0 fully saturated rings. The van der Waals surface area contributed by atoms with Crippen LogP contribution >= 0.6 is 0 Å². The first-order chi connectivity index (χ1) is 9.51. The third-order valence-electron chi connectivity index (χ3n) is 3.85. The molecular weight excluding hydrogens is 272 g/mol. The molecule has 4 heteroatoms. The van der Waals surface area contributed by atoms with Crippen molar-refractivity contribution in [2.24, 2.45) is 0 Å². The molecule has 0 radical (unpaired) electrons. The van der Waals surface area contributed by atoms with Crippen molar-refractivity contribution in [3.8, 4) is 0 Å². The van der Waals surface area contributed by atoms with Gasteiger partial charge in [0.2, 0.25) is 0 Å². The van der Waals surface area contributed by atoms with Gasteiger partial charge in [0.25, 0.3) is 10.1 Å². The maximum atomic E-state index is 12.3. The summed E-state index contributed by atoms with van der Waals surface area (Å²) in [5, 5.41) is -0.325. The summed E-state index contributed by atoms with van der Waals surface area (Å²) in [6.07, 6.45) is 9.42. The van der Waals surface area contributed by atoms with E-state index in [-0.39, 0.29) is 11.4 Å². The zero-order chi connectivity index (χ0) is 15.4. The normalized spacial score (nSPS) is 15.2. The van der Waals surface area contributed by atoms with E-state index in [1.54, 1.807) is 0 Å². The monoisotopic (exact) mass is 306 g/mol. The van der Waals surface area contributed by atoms with Crippen molar-refractivity contribution in [2.45, 2.75) is 103 Å². The van der Waals surface area contributed by atoms with Crippen molar-refractivity contribution in [2.75, 3.05) is 0 Å². The molecule has 2 atom stereocenters. The van der Waals surface area contributed by atoms with Gasteiger partial charge in [0, 0.05) is 0 Å². The van der Waals surface area contributed by atoms with Gasteiger partial charge in [0.05, 0.1) is 11.4 Å². The Hall–Kier alpha value is -0.0900. The topological polar surface area (TPSA) is 43.4 Å². The number of hydrogen-bond donors (Lipinski definition) is 0. The molecule has 0 aromatic rings. The Morgan fingerprint density at radius 1 is 0.800 bits per heavy atom. The van der Waals surface area contributed by atoms with Gasteiger partial charge < -0.3 is 0 Å². The number of hydrogen-bond acceptors (Lipinski definition) is 3. The highest BCUT2D eigenvalue weighted by atomic mass is 32.2. The third-order valence-corrected chi connectivity index (χ3v) is 5.77. The molecule has 0 aromatic carbocycles. The molecule has 0 bridgehead atoms. The molecule has 0 aliphatic rings. The Bertz CT molecular complexity index is 312. The second-order valence-corrected chi connectivity index (χ2v) is 7.49. The first-order valence-corrected chi connectivity index (χ1v) is 9.90. The first-order valence-electron chi connectivity index (χ1n) is 8.43. The zero-order valence-electron chi connectivity index (χ0n) is 13.9. The maximum absolute atomic E-state index is 12.3. The molecule has 0 N–H and O–H groups in total. The fraction of sp³-hybridized carbons (Fsp3) is 1.00. The van der Waals surface area contributed by atoms with Gasteiger partial charge in [-0.2, -0.15) is 8.42 Å². The summed E-state index contributed by atoms with van der Waals surface area (Å²) in [4.78, 5) is 0. The second-order valence-electron chi connectivity index (χ2n) is 5.64. The zero-order valence-corrected chi connectivity index (χ0v) is 14.7. The minimum Gasteiger partial charge on any atom is -0.267 e. The third kappa shape index (κ3) is 8.25. The van der Waals surface area contributed by atoms with Crippen LogP contribution in [0.25, 0.3) is 0 Å². The SMILES string of the molecule is CCCCCC(CC)OS(=O)(=O)C(CC)CCCCC. The lowest BCUT2D eigenvalue weighted by atomic mass is 10.1. The van der Waals surface area contributed by atoms with Crippen LogP contribution < -0.4 is 0 Å². The van der Waals surface area contributed by atoms with Crippen LogP contribution in [0.2, 0.25) is 0 Å². The highest BCUT2D eigenvalue weighted by Crippen LogP contribution is 2.21. The van der Waals surface area contributed by atoms with Crippen LogP contribution in [-0.2, 0) is 14.3 Å². The molecule has 0 aliphatic heterocycles. The molecule has 0 aliphatic carbocycles. The summed E-state index contributed by atoms with van der Waals surface area (Å²) < 4.78 is 30.2.